The minimum absolute atomic E-state index is 0.383. The fourth-order valence-corrected chi connectivity index (χ4v) is 2.57. The Morgan fingerprint density at radius 3 is 2.39 bits per heavy atom. The molecule has 1 aromatic rings. The number of alkyl halides is 4. The van der Waals surface area contributed by atoms with Crippen LogP contribution in [0.15, 0.2) is 24.3 Å². The summed E-state index contributed by atoms with van der Waals surface area (Å²) in [5, 5.41) is 0.821. The van der Waals surface area contributed by atoms with Gasteiger partial charge in [0.2, 0.25) is 0 Å². The van der Waals surface area contributed by atoms with Crippen molar-refractivity contribution in [3.8, 4) is 0 Å². The Balaban J connectivity index is 2.78. The molecule has 0 nitrogen and oxygen atoms in total. The van der Waals surface area contributed by atoms with Gasteiger partial charge < -0.3 is 0 Å². The van der Waals surface area contributed by atoms with Crippen molar-refractivity contribution in [1.82, 2.24) is 0 Å². The number of hydrogen-bond acceptors (Lipinski definition) is 0. The molecular formula is C14H18BrF3. The lowest BCUT2D eigenvalue weighted by molar-refractivity contribution is -0.137. The highest BCUT2D eigenvalue weighted by Gasteiger charge is 2.30. The van der Waals surface area contributed by atoms with Gasteiger partial charge in [-0.05, 0) is 36.3 Å². The van der Waals surface area contributed by atoms with Gasteiger partial charge in [0.25, 0.3) is 0 Å². The molecule has 0 N–H and O–H groups in total. The number of rotatable bonds is 5. The van der Waals surface area contributed by atoms with Crippen LogP contribution in [0.25, 0.3) is 0 Å². The molecule has 0 fully saturated rings. The van der Waals surface area contributed by atoms with Crippen molar-refractivity contribution < 1.29 is 13.2 Å². The van der Waals surface area contributed by atoms with Gasteiger partial charge in [-0.1, -0.05) is 48.0 Å². The van der Waals surface area contributed by atoms with Crippen molar-refractivity contribution in [2.75, 3.05) is 5.33 Å². The van der Waals surface area contributed by atoms with Crippen LogP contribution in [0.3, 0.4) is 0 Å². The SMILES string of the molecule is CC(C)CC(CBr)Cc1cccc(C(F)(F)F)c1. The van der Waals surface area contributed by atoms with Crippen molar-refractivity contribution in [2.24, 2.45) is 11.8 Å². The molecule has 1 atom stereocenters. The molecule has 0 amide bonds. The molecule has 0 aliphatic rings. The van der Waals surface area contributed by atoms with Crippen LogP contribution in [-0.4, -0.2) is 5.33 Å². The van der Waals surface area contributed by atoms with Crippen LogP contribution in [0.5, 0.6) is 0 Å². The zero-order valence-corrected chi connectivity index (χ0v) is 12.2. The van der Waals surface area contributed by atoms with E-state index in [1.807, 2.05) is 0 Å². The summed E-state index contributed by atoms with van der Waals surface area (Å²) >= 11 is 3.44. The predicted molar refractivity (Wildman–Crippen MR) is 71.9 cm³/mol. The minimum Gasteiger partial charge on any atom is -0.166 e. The van der Waals surface area contributed by atoms with E-state index in [2.05, 4.69) is 29.8 Å². The van der Waals surface area contributed by atoms with E-state index in [9.17, 15) is 13.2 Å². The van der Waals surface area contributed by atoms with Crippen LogP contribution in [0, 0.1) is 11.8 Å². The first kappa shape index (κ1) is 15.5. The van der Waals surface area contributed by atoms with Crippen molar-refractivity contribution in [3.05, 3.63) is 35.4 Å². The molecule has 0 heterocycles. The van der Waals surface area contributed by atoms with E-state index in [0.717, 1.165) is 23.4 Å². The van der Waals surface area contributed by atoms with Crippen molar-refractivity contribution in [1.29, 1.82) is 0 Å². The molecule has 0 spiro atoms. The third-order valence-electron chi connectivity index (χ3n) is 2.80. The van der Waals surface area contributed by atoms with Crippen LogP contribution in [0.2, 0.25) is 0 Å². The fraction of sp³-hybridized carbons (Fsp3) is 0.571. The van der Waals surface area contributed by atoms with E-state index in [-0.39, 0.29) is 0 Å². The van der Waals surface area contributed by atoms with Crippen molar-refractivity contribution >= 4 is 15.9 Å². The summed E-state index contributed by atoms with van der Waals surface area (Å²) in [7, 11) is 0. The van der Waals surface area contributed by atoms with Gasteiger partial charge in [0.1, 0.15) is 0 Å². The van der Waals surface area contributed by atoms with Crippen LogP contribution in [0.1, 0.15) is 31.4 Å². The molecule has 0 radical (unpaired) electrons. The number of hydrogen-bond donors (Lipinski definition) is 0. The van der Waals surface area contributed by atoms with E-state index < -0.39 is 11.7 Å². The standard InChI is InChI=1S/C14H18BrF3/c1-10(2)6-12(9-15)7-11-4-3-5-13(8-11)14(16,17)18/h3-5,8,10,12H,6-7,9H2,1-2H3. The van der Waals surface area contributed by atoms with E-state index in [0.29, 0.717) is 18.3 Å². The van der Waals surface area contributed by atoms with Gasteiger partial charge in [0.05, 0.1) is 5.56 Å². The van der Waals surface area contributed by atoms with E-state index >= 15 is 0 Å². The Morgan fingerprint density at radius 2 is 1.89 bits per heavy atom. The summed E-state index contributed by atoms with van der Waals surface area (Å²) in [5.41, 5.74) is 0.202. The first-order valence-corrected chi connectivity index (χ1v) is 7.17. The fourth-order valence-electron chi connectivity index (χ4n) is 2.08. The molecule has 18 heavy (non-hydrogen) atoms. The molecule has 0 saturated heterocycles. The Hall–Kier alpha value is -0.510. The molecule has 0 aliphatic carbocycles. The van der Waals surface area contributed by atoms with Gasteiger partial charge in [-0.25, -0.2) is 0 Å². The second-order valence-electron chi connectivity index (χ2n) is 5.05. The third kappa shape index (κ3) is 5.01. The summed E-state index contributed by atoms with van der Waals surface area (Å²) in [4.78, 5) is 0. The molecule has 4 heteroatoms. The molecular weight excluding hydrogens is 305 g/mol. The van der Waals surface area contributed by atoms with Crippen LogP contribution >= 0.6 is 15.9 Å². The average Bonchev–Trinajstić information content (AvgIpc) is 2.26. The van der Waals surface area contributed by atoms with Gasteiger partial charge in [0, 0.05) is 5.33 Å². The van der Waals surface area contributed by atoms with Gasteiger partial charge in [-0.15, -0.1) is 0 Å². The lowest BCUT2D eigenvalue weighted by Gasteiger charge is -2.17. The zero-order valence-electron chi connectivity index (χ0n) is 10.6. The van der Waals surface area contributed by atoms with Gasteiger partial charge >= 0.3 is 6.18 Å². The molecule has 0 bridgehead atoms. The maximum atomic E-state index is 12.6. The maximum absolute atomic E-state index is 12.6. The van der Waals surface area contributed by atoms with Crippen LogP contribution in [0.4, 0.5) is 13.2 Å². The van der Waals surface area contributed by atoms with E-state index in [1.54, 1.807) is 6.07 Å². The summed E-state index contributed by atoms with van der Waals surface area (Å²) in [6, 6.07) is 5.63. The van der Waals surface area contributed by atoms with Gasteiger partial charge in [0.15, 0.2) is 0 Å². The Bertz CT molecular complexity index is 372. The average molecular weight is 323 g/mol. The lowest BCUT2D eigenvalue weighted by Crippen LogP contribution is -2.11. The highest BCUT2D eigenvalue weighted by atomic mass is 79.9. The molecule has 0 aliphatic heterocycles. The molecule has 1 aromatic carbocycles. The van der Waals surface area contributed by atoms with Crippen LogP contribution in [-0.2, 0) is 12.6 Å². The summed E-state index contributed by atoms with van der Waals surface area (Å²) in [6.45, 7) is 4.25. The summed E-state index contributed by atoms with van der Waals surface area (Å²) in [5.74, 6) is 0.937. The largest absolute Gasteiger partial charge is 0.416 e. The first-order valence-electron chi connectivity index (χ1n) is 6.05. The highest BCUT2D eigenvalue weighted by molar-refractivity contribution is 9.09. The lowest BCUT2D eigenvalue weighted by atomic mass is 9.92. The van der Waals surface area contributed by atoms with E-state index in [1.165, 1.54) is 12.1 Å². The molecule has 102 valence electrons. The monoisotopic (exact) mass is 322 g/mol. The quantitative estimate of drug-likeness (QED) is 0.645. The van der Waals surface area contributed by atoms with Gasteiger partial charge in [-0.3, -0.25) is 0 Å². The van der Waals surface area contributed by atoms with E-state index in [4.69, 9.17) is 0 Å². The Labute approximate surface area is 115 Å². The predicted octanol–water partition coefficient (Wildman–Crippen LogP) is 5.31. The Kier molecular flexibility index (Phi) is 5.70. The third-order valence-corrected chi connectivity index (χ3v) is 3.72. The van der Waals surface area contributed by atoms with Crippen LogP contribution < -0.4 is 0 Å². The first-order chi connectivity index (χ1) is 8.32. The zero-order chi connectivity index (χ0) is 13.8. The maximum Gasteiger partial charge on any atom is 0.416 e. The highest BCUT2D eigenvalue weighted by Crippen LogP contribution is 2.30. The summed E-state index contributed by atoms with van der Waals surface area (Å²) in [6.07, 6.45) is -2.55. The molecule has 1 rings (SSSR count). The smallest absolute Gasteiger partial charge is 0.166 e. The molecule has 1 unspecified atom stereocenters. The topological polar surface area (TPSA) is 0 Å². The number of benzene rings is 1. The van der Waals surface area contributed by atoms with Gasteiger partial charge in [-0.2, -0.15) is 13.2 Å². The minimum atomic E-state index is -4.25. The second kappa shape index (κ2) is 6.60. The normalized spacial score (nSPS) is 13.9. The molecule has 0 saturated carbocycles. The number of halogens is 4. The van der Waals surface area contributed by atoms with Crippen molar-refractivity contribution in [2.45, 2.75) is 32.9 Å². The summed E-state index contributed by atoms with van der Waals surface area (Å²) < 4.78 is 37.8. The Morgan fingerprint density at radius 1 is 1.22 bits per heavy atom. The second-order valence-corrected chi connectivity index (χ2v) is 5.70. The molecule has 0 aromatic heterocycles. The van der Waals surface area contributed by atoms with Crippen molar-refractivity contribution in [3.63, 3.8) is 0 Å².